The molecule has 1 N–H and O–H groups in total. The van der Waals surface area contributed by atoms with E-state index >= 15 is 0 Å². The molecule has 0 saturated carbocycles. The highest BCUT2D eigenvalue weighted by molar-refractivity contribution is 7.71. The smallest absolute Gasteiger partial charge is 0.230 e. The van der Waals surface area contributed by atoms with Crippen molar-refractivity contribution in [3.8, 4) is 17.1 Å². The van der Waals surface area contributed by atoms with Crippen LogP contribution in [-0.2, 0) is 16.5 Å². The number of para-hydroxylation sites is 1. The zero-order chi connectivity index (χ0) is 17.6. The maximum Gasteiger partial charge on any atom is 0.230 e. The Labute approximate surface area is 146 Å². The average Bonchev–Trinajstić information content (AvgIpc) is 2.61. The third-order valence-electron chi connectivity index (χ3n) is 3.41. The van der Waals surface area contributed by atoms with Gasteiger partial charge in [0.1, 0.15) is 22.8 Å². The van der Waals surface area contributed by atoms with Gasteiger partial charge in [-0.3, -0.25) is 0 Å². The SMILES string of the molecule is COc1ccccc1-c1ncnc(Nc2cccc(C[SH](=O)=O)c2)n1. The van der Waals surface area contributed by atoms with E-state index < -0.39 is 10.7 Å². The first-order valence-electron chi connectivity index (χ1n) is 7.46. The highest BCUT2D eigenvalue weighted by Gasteiger charge is 2.09. The van der Waals surface area contributed by atoms with Gasteiger partial charge in [-0.15, -0.1) is 0 Å². The molecule has 3 aromatic rings. The summed E-state index contributed by atoms with van der Waals surface area (Å²) in [4.78, 5) is 12.7. The minimum Gasteiger partial charge on any atom is -0.496 e. The van der Waals surface area contributed by atoms with Gasteiger partial charge in [0.25, 0.3) is 0 Å². The van der Waals surface area contributed by atoms with Gasteiger partial charge in [-0.1, -0.05) is 24.3 Å². The number of nitrogens with zero attached hydrogens (tertiary/aromatic N) is 3. The molecular weight excluding hydrogens is 340 g/mol. The van der Waals surface area contributed by atoms with E-state index in [-0.39, 0.29) is 5.75 Å². The lowest BCUT2D eigenvalue weighted by molar-refractivity contribution is 0.416. The van der Waals surface area contributed by atoms with Crippen molar-refractivity contribution in [2.45, 2.75) is 5.75 Å². The molecule has 1 heterocycles. The van der Waals surface area contributed by atoms with Gasteiger partial charge >= 0.3 is 0 Å². The summed E-state index contributed by atoms with van der Waals surface area (Å²) in [6, 6.07) is 14.5. The van der Waals surface area contributed by atoms with Crippen LogP contribution < -0.4 is 10.1 Å². The lowest BCUT2D eigenvalue weighted by Gasteiger charge is -2.09. The van der Waals surface area contributed by atoms with E-state index in [9.17, 15) is 8.42 Å². The maximum absolute atomic E-state index is 10.9. The molecule has 0 fully saturated rings. The molecule has 0 bridgehead atoms. The fraction of sp³-hybridized carbons (Fsp3) is 0.118. The molecule has 1 aromatic heterocycles. The van der Waals surface area contributed by atoms with Gasteiger partial charge in [0.05, 0.1) is 18.4 Å². The fourth-order valence-electron chi connectivity index (χ4n) is 2.34. The minimum absolute atomic E-state index is 0.00544. The van der Waals surface area contributed by atoms with Gasteiger partial charge < -0.3 is 10.1 Å². The number of rotatable bonds is 6. The first-order chi connectivity index (χ1) is 12.2. The predicted molar refractivity (Wildman–Crippen MR) is 95.6 cm³/mol. The van der Waals surface area contributed by atoms with Crippen LogP contribution in [0.1, 0.15) is 5.56 Å². The van der Waals surface area contributed by atoms with Crippen molar-refractivity contribution in [2.75, 3.05) is 12.4 Å². The molecule has 0 aliphatic rings. The van der Waals surface area contributed by atoms with Crippen molar-refractivity contribution in [3.05, 3.63) is 60.4 Å². The molecule has 0 aliphatic heterocycles. The zero-order valence-corrected chi connectivity index (χ0v) is 14.3. The van der Waals surface area contributed by atoms with Crippen LogP contribution in [0.25, 0.3) is 11.4 Å². The van der Waals surface area contributed by atoms with Crippen LogP contribution >= 0.6 is 0 Å². The molecule has 0 radical (unpaired) electrons. The van der Waals surface area contributed by atoms with Crippen LogP contribution in [-0.4, -0.2) is 30.5 Å². The summed E-state index contributed by atoms with van der Waals surface area (Å²) in [6.07, 6.45) is 1.41. The average molecular weight is 356 g/mol. The summed E-state index contributed by atoms with van der Waals surface area (Å²) in [5.74, 6) is 1.50. The number of nitrogens with one attached hydrogen (secondary N) is 1. The molecule has 128 valence electrons. The second kappa shape index (κ2) is 7.71. The van der Waals surface area contributed by atoms with Crippen LogP contribution in [0.2, 0.25) is 0 Å². The molecule has 2 aromatic carbocycles. The lowest BCUT2D eigenvalue weighted by Crippen LogP contribution is -2.01. The number of hydrogen-bond acceptors (Lipinski definition) is 7. The van der Waals surface area contributed by atoms with Crippen molar-refractivity contribution in [3.63, 3.8) is 0 Å². The number of aromatic nitrogens is 3. The van der Waals surface area contributed by atoms with E-state index in [2.05, 4.69) is 20.3 Å². The van der Waals surface area contributed by atoms with Crippen LogP contribution in [0.3, 0.4) is 0 Å². The predicted octanol–water partition coefficient (Wildman–Crippen LogP) is 2.40. The quantitative estimate of drug-likeness (QED) is 0.655. The van der Waals surface area contributed by atoms with E-state index in [0.29, 0.717) is 28.8 Å². The summed E-state index contributed by atoms with van der Waals surface area (Å²) in [7, 11) is -0.884. The zero-order valence-electron chi connectivity index (χ0n) is 13.4. The monoisotopic (exact) mass is 356 g/mol. The van der Waals surface area contributed by atoms with Crippen molar-refractivity contribution in [1.82, 2.24) is 15.0 Å². The van der Waals surface area contributed by atoms with Gasteiger partial charge in [0, 0.05) is 5.69 Å². The molecule has 0 unspecified atom stereocenters. The normalized spacial score (nSPS) is 10.6. The van der Waals surface area contributed by atoms with E-state index in [4.69, 9.17) is 4.74 Å². The summed E-state index contributed by atoms with van der Waals surface area (Å²) >= 11 is 0. The van der Waals surface area contributed by atoms with E-state index in [1.807, 2.05) is 30.3 Å². The highest BCUT2D eigenvalue weighted by Crippen LogP contribution is 2.27. The Bertz CT molecular complexity index is 952. The Morgan fingerprint density at radius 3 is 2.72 bits per heavy atom. The summed E-state index contributed by atoms with van der Waals surface area (Å²) in [5.41, 5.74) is 2.15. The van der Waals surface area contributed by atoms with Gasteiger partial charge in [-0.05, 0) is 29.8 Å². The number of ether oxygens (including phenoxy) is 1. The summed E-state index contributed by atoms with van der Waals surface area (Å²) < 4.78 is 27.1. The van der Waals surface area contributed by atoms with Crippen LogP contribution in [0.4, 0.5) is 11.6 Å². The van der Waals surface area contributed by atoms with Gasteiger partial charge in [-0.25, -0.2) is 18.4 Å². The molecule has 0 aliphatic carbocycles. The third-order valence-corrected chi connectivity index (χ3v) is 4.04. The molecular formula is C17H16N4O3S. The maximum atomic E-state index is 10.9. The van der Waals surface area contributed by atoms with E-state index in [1.165, 1.54) is 6.33 Å². The van der Waals surface area contributed by atoms with Crippen molar-refractivity contribution < 1.29 is 13.2 Å². The third kappa shape index (κ3) is 4.30. The summed E-state index contributed by atoms with van der Waals surface area (Å²) in [5, 5.41) is 3.07. The Balaban J connectivity index is 1.87. The number of hydrogen-bond donors (Lipinski definition) is 2. The van der Waals surface area contributed by atoms with Crippen molar-refractivity contribution in [1.29, 1.82) is 0 Å². The van der Waals surface area contributed by atoms with Gasteiger partial charge in [0.2, 0.25) is 5.95 Å². The topological polar surface area (TPSA) is 94.1 Å². The second-order valence-corrected chi connectivity index (χ2v) is 6.13. The lowest BCUT2D eigenvalue weighted by atomic mass is 10.2. The van der Waals surface area contributed by atoms with Crippen LogP contribution in [0, 0.1) is 0 Å². The molecule has 0 atom stereocenters. The number of thiol groups is 1. The first kappa shape index (κ1) is 16.8. The number of benzene rings is 2. The summed E-state index contributed by atoms with van der Waals surface area (Å²) in [6.45, 7) is 0. The van der Waals surface area contributed by atoms with E-state index in [0.717, 1.165) is 5.56 Å². The second-order valence-electron chi connectivity index (χ2n) is 5.15. The first-order valence-corrected chi connectivity index (χ1v) is 8.82. The van der Waals surface area contributed by atoms with Crippen molar-refractivity contribution in [2.24, 2.45) is 0 Å². The number of methoxy groups -OCH3 is 1. The van der Waals surface area contributed by atoms with Crippen LogP contribution in [0.5, 0.6) is 5.75 Å². The Morgan fingerprint density at radius 2 is 1.92 bits per heavy atom. The highest BCUT2D eigenvalue weighted by atomic mass is 32.2. The van der Waals surface area contributed by atoms with Crippen molar-refractivity contribution >= 4 is 22.3 Å². The Morgan fingerprint density at radius 1 is 1.08 bits per heavy atom. The molecule has 8 heteroatoms. The fourth-order valence-corrected chi connectivity index (χ4v) is 2.84. The molecule has 0 spiro atoms. The molecule has 0 amide bonds. The standard InChI is InChI=1S/C17H16N4O3S/c1-24-15-8-3-2-7-14(15)16-18-11-19-17(21-16)20-13-6-4-5-12(9-13)10-25(22)23/h2-9,11,25H,10H2,1H3,(H,18,19,20,21). The molecule has 7 nitrogen and oxygen atoms in total. The van der Waals surface area contributed by atoms with Gasteiger partial charge in [0.15, 0.2) is 5.82 Å². The van der Waals surface area contributed by atoms with Crippen LogP contribution in [0.15, 0.2) is 54.9 Å². The molecule has 3 rings (SSSR count). The van der Waals surface area contributed by atoms with Gasteiger partial charge in [-0.2, -0.15) is 4.98 Å². The van der Waals surface area contributed by atoms with E-state index in [1.54, 1.807) is 25.3 Å². The minimum atomic E-state index is -2.47. The molecule has 25 heavy (non-hydrogen) atoms. The Hall–Kier alpha value is -3.00. The Kier molecular flexibility index (Phi) is 5.20. The molecule has 0 saturated heterocycles. The largest absolute Gasteiger partial charge is 0.496 e. The number of anilines is 2.